The topological polar surface area (TPSA) is 49.8 Å². The summed E-state index contributed by atoms with van der Waals surface area (Å²) < 4.78 is 5.75. The van der Waals surface area contributed by atoms with Crippen LogP contribution in [0.1, 0.15) is 40.7 Å². The first kappa shape index (κ1) is 17.5. The maximum absolute atomic E-state index is 11.2. The minimum atomic E-state index is -0.954. The van der Waals surface area contributed by atoms with Gasteiger partial charge < -0.3 is 9.84 Å². The number of hydrogen-bond donors (Lipinski definition) is 1. The second-order valence-electron chi connectivity index (χ2n) is 6.78. The monoisotopic (exact) mass is 339 g/mol. The van der Waals surface area contributed by atoms with Gasteiger partial charge in [-0.15, -0.1) is 0 Å². The first-order valence-corrected chi connectivity index (χ1v) is 8.81. The summed E-state index contributed by atoms with van der Waals surface area (Å²) in [7, 11) is 0. The Morgan fingerprint density at radius 3 is 2.68 bits per heavy atom. The Morgan fingerprint density at radius 1 is 1.20 bits per heavy atom. The number of carboxylic acids is 1. The zero-order valence-electron chi connectivity index (χ0n) is 14.8. The fraction of sp³-hybridized carbons (Fsp3) is 0.381. The smallest absolute Gasteiger partial charge is 0.339 e. The summed E-state index contributed by atoms with van der Waals surface area (Å²) in [5.74, 6) is 0.0459. The molecule has 1 fully saturated rings. The number of carbonyl (C=O) groups is 1. The molecule has 1 aliphatic rings. The number of benzene rings is 2. The van der Waals surface area contributed by atoms with Crippen molar-refractivity contribution in [2.45, 2.75) is 32.2 Å². The van der Waals surface area contributed by atoms with Crippen LogP contribution in [0.2, 0.25) is 0 Å². The van der Waals surface area contributed by atoms with E-state index in [4.69, 9.17) is 4.74 Å². The molecular formula is C21H25NO3. The number of rotatable bonds is 6. The van der Waals surface area contributed by atoms with Crippen molar-refractivity contribution in [2.75, 3.05) is 19.7 Å². The molecule has 2 atom stereocenters. The molecular weight excluding hydrogens is 314 g/mol. The molecule has 1 heterocycles. The third-order valence-corrected chi connectivity index (χ3v) is 5.09. The molecule has 4 heteroatoms. The summed E-state index contributed by atoms with van der Waals surface area (Å²) >= 11 is 0. The Kier molecular flexibility index (Phi) is 5.39. The van der Waals surface area contributed by atoms with Crippen molar-refractivity contribution >= 4 is 5.97 Å². The maximum Gasteiger partial charge on any atom is 0.339 e. The summed E-state index contributed by atoms with van der Waals surface area (Å²) in [5, 5.41) is 9.21. The van der Waals surface area contributed by atoms with E-state index in [0.29, 0.717) is 24.3 Å². The molecule has 1 saturated heterocycles. The number of ether oxygens (including phenoxy) is 1. The van der Waals surface area contributed by atoms with Gasteiger partial charge in [0.25, 0.3) is 0 Å². The fourth-order valence-corrected chi connectivity index (χ4v) is 3.72. The van der Waals surface area contributed by atoms with E-state index in [1.54, 1.807) is 24.3 Å². The molecule has 3 rings (SSSR count). The summed E-state index contributed by atoms with van der Waals surface area (Å²) in [6.45, 7) is 6.75. The van der Waals surface area contributed by atoms with E-state index in [1.165, 1.54) is 11.1 Å². The highest BCUT2D eigenvalue weighted by Crippen LogP contribution is 2.33. The maximum atomic E-state index is 11.2. The minimum absolute atomic E-state index is 0.217. The second-order valence-corrected chi connectivity index (χ2v) is 6.78. The molecule has 0 saturated carbocycles. The number of likely N-dealkylation sites (tertiary alicyclic amines) is 1. The van der Waals surface area contributed by atoms with E-state index < -0.39 is 5.97 Å². The predicted octanol–water partition coefficient (Wildman–Crippen LogP) is 3.95. The Morgan fingerprint density at radius 2 is 1.92 bits per heavy atom. The van der Waals surface area contributed by atoms with Gasteiger partial charge in [-0.25, -0.2) is 4.79 Å². The largest absolute Gasteiger partial charge is 0.491 e. The van der Waals surface area contributed by atoms with Crippen LogP contribution in [0.3, 0.4) is 0 Å². The molecule has 2 aromatic carbocycles. The van der Waals surface area contributed by atoms with Crippen LogP contribution in [0.4, 0.5) is 0 Å². The van der Waals surface area contributed by atoms with Gasteiger partial charge in [0.1, 0.15) is 17.9 Å². The van der Waals surface area contributed by atoms with E-state index in [9.17, 15) is 9.90 Å². The number of aryl methyl sites for hydroxylation is 1. The highest BCUT2D eigenvalue weighted by atomic mass is 16.5. The molecule has 2 aromatic rings. The SMILES string of the molecule is Cc1ccccc1[C@H]1C[C@H](C)N(CCOc2ccccc2C(=O)O)C1. The van der Waals surface area contributed by atoms with E-state index >= 15 is 0 Å². The van der Waals surface area contributed by atoms with Crippen LogP contribution in [0, 0.1) is 6.92 Å². The highest BCUT2D eigenvalue weighted by molar-refractivity contribution is 5.90. The van der Waals surface area contributed by atoms with Gasteiger partial charge in [0.2, 0.25) is 0 Å². The standard InChI is InChI=1S/C21H25NO3/c1-15-7-3-4-8-18(15)17-13-16(2)22(14-17)11-12-25-20-10-6-5-9-19(20)21(23)24/h3-10,16-17H,11-14H2,1-2H3,(H,23,24)/t16-,17-/m0/s1. The molecule has 0 amide bonds. The molecule has 0 unspecified atom stereocenters. The quantitative estimate of drug-likeness (QED) is 0.866. The molecule has 0 spiro atoms. The van der Waals surface area contributed by atoms with Gasteiger partial charge >= 0.3 is 5.97 Å². The Hall–Kier alpha value is -2.33. The zero-order valence-corrected chi connectivity index (χ0v) is 14.8. The number of carboxylic acid groups (broad SMARTS) is 1. The third kappa shape index (κ3) is 4.02. The van der Waals surface area contributed by atoms with Crippen LogP contribution in [0.25, 0.3) is 0 Å². The van der Waals surface area contributed by atoms with Crippen molar-refractivity contribution in [1.82, 2.24) is 4.90 Å². The van der Waals surface area contributed by atoms with Gasteiger partial charge in [-0.2, -0.15) is 0 Å². The van der Waals surface area contributed by atoms with Gasteiger partial charge in [0, 0.05) is 19.1 Å². The zero-order chi connectivity index (χ0) is 17.8. The van der Waals surface area contributed by atoms with Crippen molar-refractivity contribution in [3.8, 4) is 5.75 Å². The molecule has 0 aromatic heterocycles. The van der Waals surface area contributed by atoms with Crippen LogP contribution in [0.15, 0.2) is 48.5 Å². The van der Waals surface area contributed by atoms with Gasteiger partial charge in [0.05, 0.1) is 0 Å². The van der Waals surface area contributed by atoms with Crippen molar-refractivity contribution < 1.29 is 14.6 Å². The lowest BCUT2D eigenvalue weighted by molar-refractivity contribution is 0.0691. The van der Waals surface area contributed by atoms with E-state index in [2.05, 4.69) is 43.0 Å². The average molecular weight is 339 g/mol. The average Bonchev–Trinajstić information content (AvgIpc) is 2.96. The van der Waals surface area contributed by atoms with Crippen molar-refractivity contribution in [2.24, 2.45) is 0 Å². The van der Waals surface area contributed by atoms with E-state index in [1.807, 2.05) is 0 Å². The lowest BCUT2D eigenvalue weighted by Crippen LogP contribution is -2.31. The lowest BCUT2D eigenvalue weighted by atomic mass is 9.93. The molecule has 25 heavy (non-hydrogen) atoms. The number of hydrogen-bond acceptors (Lipinski definition) is 3. The summed E-state index contributed by atoms with van der Waals surface area (Å²) in [5.41, 5.74) is 3.01. The molecule has 0 aliphatic carbocycles. The number of aromatic carboxylic acids is 1. The van der Waals surface area contributed by atoms with Crippen LogP contribution in [-0.4, -0.2) is 41.7 Å². The van der Waals surface area contributed by atoms with Crippen LogP contribution < -0.4 is 4.74 Å². The molecule has 1 N–H and O–H groups in total. The first-order valence-electron chi connectivity index (χ1n) is 8.81. The Balaban J connectivity index is 1.58. The third-order valence-electron chi connectivity index (χ3n) is 5.09. The number of nitrogens with zero attached hydrogens (tertiary/aromatic N) is 1. The van der Waals surface area contributed by atoms with Crippen molar-refractivity contribution in [3.05, 3.63) is 65.2 Å². The van der Waals surface area contributed by atoms with Gasteiger partial charge in [-0.1, -0.05) is 36.4 Å². The minimum Gasteiger partial charge on any atom is -0.491 e. The van der Waals surface area contributed by atoms with Crippen LogP contribution in [-0.2, 0) is 0 Å². The Labute approximate surface area is 149 Å². The normalized spacial score (nSPS) is 20.6. The number of para-hydroxylation sites is 1. The lowest BCUT2D eigenvalue weighted by Gasteiger charge is -2.21. The summed E-state index contributed by atoms with van der Waals surface area (Å²) in [6.07, 6.45) is 1.15. The van der Waals surface area contributed by atoms with Crippen LogP contribution in [0.5, 0.6) is 5.75 Å². The molecule has 132 valence electrons. The Bertz CT molecular complexity index is 743. The molecule has 1 aliphatic heterocycles. The first-order chi connectivity index (χ1) is 12.1. The van der Waals surface area contributed by atoms with Gasteiger partial charge in [0.15, 0.2) is 0 Å². The van der Waals surface area contributed by atoms with Crippen molar-refractivity contribution in [3.63, 3.8) is 0 Å². The van der Waals surface area contributed by atoms with E-state index in [-0.39, 0.29) is 5.56 Å². The fourth-order valence-electron chi connectivity index (χ4n) is 3.72. The summed E-state index contributed by atoms with van der Waals surface area (Å²) in [6, 6.07) is 15.9. The highest BCUT2D eigenvalue weighted by Gasteiger charge is 2.30. The summed E-state index contributed by atoms with van der Waals surface area (Å²) in [4.78, 5) is 13.7. The second kappa shape index (κ2) is 7.70. The van der Waals surface area contributed by atoms with Gasteiger partial charge in [-0.05, 0) is 49.4 Å². The molecule has 4 nitrogen and oxygen atoms in total. The molecule has 0 radical (unpaired) electrons. The molecule has 0 bridgehead atoms. The van der Waals surface area contributed by atoms with Crippen molar-refractivity contribution in [1.29, 1.82) is 0 Å². The van der Waals surface area contributed by atoms with Crippen LogP contribution >= 0.6 is 0 Å². The van der Waals surface area contributed by atoms with E-state index in [0.717, 1.165) is 19.5 Å². The van der Waals surface area contributed by atoms with Gasteiger partial charge in [-0.3, -0.25) is 4.90 Å². The predicted molar refractivity (Wildman–Crippen MR) is 98.5 cm³/mol.